The van der Waals surface area contributed by atoms with Gasteiger partial charge < -0.3 is 16.0 Å². The highest BCUT2D eigenvalue weighted by molar-refractivity contribution is 5.96. The van der Waals surface area contributed by atoms with Gasteiger partial charge in [0.2, 0.25) is 5.91 Å². The van der Waals surface area contributed by atoms with Crippen molar-refractivity contribution in [2.75, 3.05) is 24.3 Å². The minimum atomic E-state index is -0.429. The Morgan fingerprint density at radius 1 is 1.04 bits per heavy atom. The van der Waals surface area contributed by atoms with E-state index in [1.807, 2.05) is 44.4 Å². The zero-order valence-electron chi connectivity index (χ0n) is 13.9. The largest absolute Gasteiger partial charge is 0.378 e. The average Bonchev–Trinajstić information content (AvgIpc) is 2.55. The lowest BCUT2D eigenvalue weighted by molar-refractivity contribution is 0.100. The molecule has 5 nitrogen and oxygen atoms in total. The molecule has 0 radical (unpaired) electrons. The maximum atomic E-state index is 11.1. The van der Waals surface area contributed by atoms with E-state index in [4.69, 9.17) is 5.73 Å². The van der Waals surface area contributed by atoms with Crippen LogP contribution in [0.4, 0.5) is 17.1 Å². The molecule has 0 fully saturated rings. The number of nitrogens with zero attached hydrogens (tertiary/aromatic N) is 2. The Hall–Kier alpha value is -2.50. The molecule has 2 aromatic carbocycles. The van der Waals surface area contributed by atoms with Gasteiger partial charge in [-0.15, -0.1) is 24.8 Å². The second-order valence-corrected chi connectivity index (χ2v) is 5.52. The van der Waals surface area contributed by atoms with Crippen LogP contribution in [-0.2, 0) is 0 Å². The number of nitrogens with one attached hydrogen (secondary N) is 1. The highest BCUT2D eigenvalue weighted by atomic mass is 35.5. The molecule has 0 aliphatic carbocycles. The summed E-state index contributed by atoms with van der Waals surface area (Å²) in [4.78, 5) is 17.6. The fourth-order valence-electron chi connectivity index (χ4n) is 2.39. The van der Waals surface area contributed by atoms with Gasteiger partial charge in [-0.2, -0.15) is 0 Å². The number of primary amides is 1. The van der Waals surface area contributed by atoms with Crippen molar-refractivity contribution in [3.8, 4) is 0 Å². The van der Waals surface area contributed by atoms with Crippen LogP contribution in [0, 0.1) is 0 Å². The van der Waals surface area contributed by atoms with Crippen LogP contribution in [0.5, 0.6) is 0 Å². The third-order valence-electron chi connectivity index (χ3n) is 3.69. The molecule has 7 heteroatoms. The van der Waals surface area contributed by atoms with Gasteiger partial charge in [0.05, 0.1) is 5.52 Å². The Labute approximate surface area is 159 Å². The van der Waals surface area contributed by atoms with Crippen LogP contribution < -0.4 is 16.0 Å². The highest BCUT2D eigenvalue weighted by Gasteiger charge is 2.06. The van der Waals surface area contributed by atoms with Gasteiger partial charge in [-0.1, -0.05) is 0 Å². The number of benzene rings is 2. The summed E-state index contributed by atoms with van der Waals surface area (Å²) in [5.41, 5.74) is 9.64. The van der Waals surface area contributed by atoms with Crippen LogP contribution in [0.25, 0.3) is 10.9 Å². The van der Waals surface area contributed by atoms with Crippen molar-refractivity contribution in [2.45, 2.75) is 0 Å². The first-order chi connectivity index (χ1) is 11.0. The summed E-state index contributed by atoms with van der Waals surface area (Å²) in [5.74, 6) is -0.429. The average molecular weight is 379 g/mol. The number of nitrogens with two attached hydrogens (primary N) is 1. The van der Waals surface area contributed by atoms with Crippen molar-refractivity contribution in [1.82, 2.24) is 4.98 Å². The Morgan fingerprint density at radius 3 is 2.32 bits per heavy atom. The summed E-state index contributed by atoms with van der Waals surface area (Å²) in [6.07, 6.45) is 1.78. The van der Waals surface area contributed by atoms with E-state index in [2.05, 4.69) is 21.3 Å². The number of aromatic nitrogens is 1. The zero-order valence-corrected chi connectivity index (χ0v) is 15.5. The van der Waals surface area contributed by atoms with Crippen molar-refractivity contribution in [3.63, 3.8) is 0 Å². The molecule has 0 saturated heterocycles. The summed E-state index contributed by atoms with van der Waals surface area (Å²) in [5, 5.41) is 4.41. The molecule has 0 unspecified atom stereocenters. The van der Waals surface area contributed by atoms with Gasteiger partial charge in [0.15, 0.2) is 0 Å². The van der Waals surface area contributed by atoms with E-state index in [1.54, 1.807) is 18.3 Å². The van der Waals surface area contributed by atoms with Gasteiger partial charge >= 0.3 is 0 Å². The molecule has 3 rings (SSSR count). The van der Waals surface area contributed by atoms with Gasteiger partial charge in [0.1, 0.15) is 0 Å². The summed E-state index contributed by atoms with van der Waals surface area (Å²) in [6.45, 7) is 0. The molecule has 0 aliphatic heterocycles. The van der Waals surface area contributed by atoms with E-state index < -0.39 is 5.91 Å². The smallest absolute Gasteiger partial charge is 0.248 e. The maximum Gasteiger partial charge on any atom is 0.248 e. The minimum absolute atomic E-state index is 0. The molecule has 0 atom stereocenters. The van der Waals surface area contributed by atoms with Crippen LogP contribution in [-0.4, -0.2) is 25.0 Å². The SMILES string of the molecule is CN(C)c1ccc2nccc(Nc3ccc(C(N)=O)cc3)c2c1.Cl.Cl. The number of carbonyl (C=O) groups is 1. The van der Waals surface area contributed by atoms with Crippen LogP contribution in [0.2, 0.25) is 0 Å². The lowest BCUT2D eigenvalue weighted by Crippen LogP contribution is -2.10. The number of halogens is 2. The number of rotatable bonds is 4. The maximum absolute atomic E-state index is 11.1. The van der Waals surface area contributed by atoms with Crippen LogP contribution in [0.15, 0.2) is 54.7 Å². The molecule has 0 aliphatic rings. The third kappa shape index (κ3) is 4.53. The lowest BCUT2D eigenvalue weighted by Gasteiger charge is -2.15. The third-order valence-corrected chi connectivity index (χ3v) is 3.69. The fraction of sp³-hybridized carbons (Fsp3) is 0.111. The number of carbonyl (C=O) groups excluding carboxylic acids is 1. The van der Waals surface area contributed by atoms with Crippen LogP contribution in [0.1, 0.15) is 10.4 Å². The number of anilines is 3. The van der Waals surface area contributed by atoms with E-state index >= 15 is 0 Å². The van der Waals surface area contributed by atoms with Crippen molar-refractivity contribution in [1.29, 1.82) is 0 Å². The molecule has 132 valence electrons. The topological polar surface area (TPSA) is 71.2 Å². The summed E-state index contributed by atoms with van der Waals surface area (Å²) >= 11 is 0. The first-order valence-electron chi connectivity index (χ1n) is 7.27. The fourth-order valence-corrected chi connectivity index (χ4v) is 2.39. The molecule has 0 saturated carbocycles. The first-order valence-corrected chi connectivity index (χ1v) is 7.27. The van der Waals surface area contributed by atoms with E-state index in [9.17, 15) is 4.79 Å². The Morgan fingerprint density at radius 2 is 1.72 bits per heavy atom. The van der Waals surface area contributed by atoms with E-state index in [-0.39, 0.29) is 24.8 Å². The Balaban J connectivity index is 0.00000156. The predicted octanol–water partition coefficient (Wildman–Crippen LogP) is 3.99. The van der Waals surface area contributed by atoms with Gasteiger partial charge in [0, 0.05) is 48.3 Å². The standard InChI is InChI=1S/C18H18N4O.2ClH/c1-22(2)14-7-8-16-15(11-14)17(9-10-20-16)21-13-5-3-12(4-6-13)18(19)23;;/h3-11H,1-2H3,(H2,19,23)(H,20,21);2*1H. The predicted molar refractivity (Wildman–Crippen MR) is 109 cm³/mol. The molecule has 1 aromatic heterocycles. The summed E-state index contributed by atoms with van der Waals surface area (Å²) in [7, 11) is 4.01. The second-order valence-electron chi connectivity index (χ2n) is 5.52. The van der Waals surface area contributed by atoms with Gasteiger partial charge in [-0.3, -0.25) is 9.78 Å². The highest BCUT2D eigenvalue weighted by Crippen LogP contribution is 2.28. The first kappa shape index (κ1) is 20.5. The van der Waals surface area contributed by atoms with Gasteiger partial charge in [0.25, 0.3) is 0 Å². The van der Waals surface area contributed by atoms with Crippen molar-refractivity contribution >= 4 is 58.7 Å². The Kier molecular flexibility index (Phi) is 7.03. The lowest BCUT2D eigenvalue weighted by atomic mass is 10.1. The number of fused-ring (bicyclic) bond motifs is 1. The molecular weight excluding hydrogens is 359 g/mol. The molecule has 3 N–H and O–H groups in total. The van der Waals surface area contributed by atoms with E-state index in [1.165, 1.54) is 0 Å². The monoisotopic (exact) mass is 378 g/mol. The Bertz CT molecular complexity index is 867. The molecule has 0 spiro atoms. The second kappa shape index (κ2) is 8.55. The molecular formula is C18H20Cl2N4O. The number of pyridine rings is 1. The van der Waals surface area contributed by atoms with Crippen molar-refractivity contribution in [3.05, 3.63) is 60.3 Å². The number of hydrogen-bond acceptors (Lipinski definition) is 4. The molecule has 1 amide bonds. The van der Waals surface area contributed by atoms with Gasteiger partial charge in [-0.25, -0.2) is 0 Å². The summed E-state index contributed by atoms with van der Waals surface area (Å²) < 4.78 is 0. The van der Waals surface area contributed by atoms with Crippen LogP contribution in [0.3, 0.4) is 0 Å². The minimum Gasteiger partial charge on any atom is -0.378 e. The summed E-state index contributed by atoms with van der Waals surface area (Å²) in [6, 6.07) is 15.2. The molecule has 3 aromatic rings. The zero-order chi connectivity index (χ0) is 16.4. The normalized spacial score (nSPS) is 9.68. The number of hydrogen-bond donors (Lipinski definition) is 2. The molecule has 0 bridgehead atoms. The quantitative estimate of drug-likeness (QED) is 0.719. The van der Waals surface area contributed by atoms with Crippen molar-refractivity contribution < 1.29 is 4.79 Å². The molecule has 25 heavy (non-hydrogen) atoms. The number of amides is 1. The van der Waals surface area contributed by atoms with E-state index in [0.717, 1.165) is 28.0 Å². The van der Waals surface area contributed by atoms with E-state index in [0.29, 0.717) is 5.56 Å². The molecule has 1 heterocycles. The van der Waals surface area contributed by atoms with Gasteiger partial charge in [-0.05, 0) is 48.5 Å². The van der Waals surface area contributed by atoms with Crippen LogP contribution >= 0.6 is 24.8 Å². The van der Waals surface area contributed by atoms with Crippen molar-refractivity contribution in [2.24, 2.45) is 5.73 Å².